The molecule has 0 radical (unpaired) electrons. The number of methoxy groups -OCH3 is 1. The van der Waals surface area contributed by atoms with Gasteiger partial charge in [0.15, 0.2) is 9.84 Å². The summed E-state index contributed by atoms with van der Waals surface area (Å²) in [5.41, 5.74) is 6.75. The highest BCUT2D eigenvalue weighted by Crippen LogP contribution is 2.25. The Balaban J connectivity index is 2.78. The fraction of sp³-hybridized carbons (Fsp3) is 0.600. The molecule has 0 aliphatic heterocycles. The topological polar surface area (TPSA) is 78.6 Å². The Morgan fingerprint density at radius 2 is 1.90 bits per heavy atom. The SMILES string of the molecule is COc1ccc(OCCS(=O)(=O)C(C)C)c(CC(C)N)c1. The maximum absolute atomic E-state index is 11.8. The molecule has 1 atom stereocenters. The average molecular weight is 315 g/mol. The van der Waals surface area contributed by atoms with Crippen molar-refractivity contribution in [1.29, 1.82) is 0 Å². The molecule has 6 heteroatoms. The Bertz CT molecular complexity index is 553. The third-order valence-corrected chi connectivity index (χ3v) is 5.33. The number of benzene rings is 1. The Kier molecular flexibility index (Phi) is 6.48. The van der Waals surface area contributed by atoms with Crippen LogP contribution in [-0.4, -0.2) is 39.2 Å². The minimum Gasteiger partial charge on any atom is -0.497 e. The van der Waals surface area contributed by atoms with Crippen molar-refractivity contribution in [3.05, 3.63) is 23.8 Å². The normalized spacial score (nSPS) is 13.2. The van der Waals surface area contributed by atoms with Crippen molar-refractivity contribution in [2.24, 2.45) is 5.73 Å². The highest BCUT2D eigenvalue weighted by atomic mass is 32.2. The third-order valence-electron chi connectivity index (χ3n) is 3.15. The minimum absolute atomic E-state index is 0.00825. The fourth-order valence-electron chi connectivity index (χ4n) is 1.83. The summed E-state index contributed by atoms with van der Waals surface area (Å²) in [6, 6.07) is 5.43. The fourth-order valence-corrected chi connectivity index (χ4v) is 2.62. The molecule has 0 aliphatic rings. The smallest absolute Gasteiger partial charge is 0.155 e. The molecule has 1 unspecified atom stereocenters. The first kappa shape index (κ1) is 17.8. The van der Waals surface area contributed by atoms with Gasteiger partial charge in [0.1, 0.15) is 18.1 Å². The first-order valence-corrected chi connectivity index (χ1v) is 8.74. The molecule has 0 aromatic heterocycles. The van der Waals surface area contributed by atoms with Gasteiger partial charge in [0.25, 0.3) is 0 Å². The van der Waals surface area contributed by atoms with E-state index in [1.807, 2.05) is 13.0 Å². The first-order valence-electron chi connectivity index (χ1n) is 7.03. The van der Waals surface area contributed by atoms with Crippen LogP contribution in [0.1, 0.15) is 26.3 Å². The van der Waals surface area contributed by atoms with Crippen LogP contribution in [0.5, 0.6) is 11.5 Å². The Hall–Kier alpha value is -1.27. The number of rotatable bonds is 8. The molecule has 0 aliphatic carbocycles. The predicted molar refractivity (Wildman–Crippen MR) is 84.8 cm³/mol. The summed E-state index contributed by atoms with van der Waals surface area (Å²) in [7, 11) is -1.49. The van der Waals surface area contributed by atoms with Gasteiger partial charge in [0.2, 0.25) is 0 Å². The lowest BCUT2D eigenvalue weighted by molar-refractivity contribution is 0.334. The summed E-state index contributed by atoms with van der Waals surface area (Å²) in [6.07, 6.45) is 0.642. The number of hydrogen-bond acceptors (Lipinski definition) is 5. The largest absolute Gasteiger partial charge is 0.497 e. The van der Waals surface area contributed by atoms with Gasteiger partial charge in [-0.3, -0.25) is 0 Å². The van der Waals surface area contributed by atoms with E-state index in [2.05, 4.69) is 0 Å². The van der Waals surface area contributed by atoms with Crippen LogP contribution < -0.4 is 15.2 Å². The Morgan fingerprint density at radius 1 is 1.24 bits per heavy atom. The molecule has 0 heterocycles. The van der Waals surface area contributed by atoms with Gasteiger partial charge < -0.3 is 15.2 Å². The van der Waals surface area contributed by atoms with E-state index >= 15 is 0 Å². The van der Waals surface area contributed by atoms with Crippen molar-refractivity contribution in [2.45, 2.75) is 38.5 Å². The van der Waals surface area contributed by atoms with Gasteiger partial charge in [-0.2, -0.15) is 0 Å². The van der Waals surface area contributed by atoms with Gasteiger partial charge in [-0.1, -0.05) is 0 Å². The van der Waals surface area contributed by atoms with Crippen LogP contribution in [0.3, 0.4) is 0 Å². The van der Waals surface area contributed by atoms with Crippen LogP contribution >= 0.6 is 0 Å². The molecule has 5 nitrogen and oxygen atoms in total. The van der Waals surface area contributed by atoms with Crippen molar-refractivity contribution < 1.29 is 17.9 Å². The summed E-state index contributed by atoms with van der Waals surface area (Å²) in [5.74, 6) is 1.40. The zero-order chi connectivity index (χ0) is 16.0. The van der Waals surface area contributed by atoms with E-state index in [0.717, 1.165) is 11.3 Å². The molecule has 1 aromatic carbocycles. The van der Waals surface area contributed by atoms with Gasteiger partial charge in [-0.15, -0.1) is 0 Å². The molecule has 0 saturated carbocycles. The second-order valence-electron chi connectivity index (χ2n) is 5.42. The summed E-state index contributed by atoms with van der Waals surface area (Å²) in [4.78, 5) is 0. The number of hydrogen-bond donors (Lipinski definition) is 1. The maximum Gasteiger partial charge on any atom is 0.155 e. The monoisotopic (exact) mass is 315 g/mol. The maximum atomic E-state index is 11.8. The first-order chi connectivity index (χ1) is 9.76. The van der Waals surface area contributed by atoms with E-state index in [9.17, 15) is 8.42 Å². The quantitative estimate of drug-likeness (QED) is 0.791. The van der Waals surface area contributed by atoms with E-state index in [1.165, 1.54) is 0 Å². The lowest BCUT2D eigenvalue weighted by Gasteiger charge is -2.15. The molecule has 0 fully saturated rings. The van der Waals surface area contributed by atoms with Crippen molar-refractivity contribution in [3.8, 4) is 11.5 Å². The highest BCUT2D eigenvalue weighted by Gasteiger charge is 2.16. The molecule has 2 N–H and O–H groups in total. The molecule has 120 valence electrons. The molecule has 0 amide bonds. The standard InChI is InChI=1S/C15H25NO4S/c1-11(2)21(17,18)8-7-20-15-6-5-14(19-4)10-13(15)9-12(3)16/h5-6,10-12H,7-9,16H2,1-4H3. The highest BCUT2D eigenvalue weighted by molar-refractivity contribution is 7.91. The molecule has 0 bridgehead atoms. The van der Waals surface area contributed by atoms with Gasteiger partial charge >= 0.3 is 0 Å². The van der Waals surface area contributed by atoms with E-state index in [0.29, 0.717) is 12.2 Å². The van der Waals surface area contributed by atoms with E-state index in [1.54, 1.807) is 33.1 Å². The molecule has 1 aromatic rings. The van der Waals surface area contributed by atoms with Crippen LogP contribution in [-0.2, 0) is 16.3 Å². The molecule has 1 rings (SSSR count). The van der Waals surface area contributed by atoms with E-state index in [-0.39, 0.29) is 23.7 Å². The number of ether oxygens (including phenoxy) is 2. The minimum atomic E-state index is -3.09. The van der Waals surface area contributed by atoms with Crippen molar-refractivity contribution in [1.82, 2.24) is 0 Å². The van der Waals surface area contributed by atoms with Crippen LogP contribution in [0.25, 0.3) is 0 Å². The summed E-state index contributed by atoms with van der Waals surface area (Å²) < 4.78 is 34.3. The van der Waals surface area contributed by atoms with Crippen molar-refractivity contribution in [2.75, 3.05) is 19.5 Å². The molecule has 0 saturated heterocycles. The van der Waals surface area contributed by atoms with Gasteiger partial charge in [-0.25, -0.2) is 8.42 Å². The van der Waals surface area contributed by atoms with E-state index in [4.69, 9.17) is 15.2 Å². The predicted octanol–water partition coefficient (Wildman–Crippen LogP) is 1.79. The van der Waals surface area contributed by atoms with Crippen molar-refractivity contribution >= 4 is 9.84 Å². The summed E-state index contributed by atoms with van der Waals surface area (Å²) in [5, 5.41) is -0.388. The zero-order valence-electron chi connectivity index (χ0n) is 13.1. The third kappa shape index (κ3) is 5.55. The van der Waals surface area contributed by atoms with Crippen LogP contribution in [0.2, 0.25) is 0 Å². The second-order valence-corrected chi connectivity index (χ2v) is 8.10. The van der Waals surface area contributed by atoms with Crippen LogP contribution in [0, 0.1) is 0 Å². The Labute approximate surface area is 127 Å². The summed E-state index contributed by atoms with van der Waals surface area (Å²) in [6.45, 7) is 5.39. The average Bonchev–Trinajstić information content (AvgIpc) is 2.39. The lowest BCUT2D eigenvalue weighted by Crippen LogP contribution is -2.22. The van der Waals surface area contributed by atoms with Gasteiger partial charge in [0, 0.05) is 6.04 Å². The van der Waals surface area contributed by atoms with Crippen LogP contribution in [0.4, 0.5) is 0 Å². The molecule has 21 heavy (non-hydrogen) atoms. The van der Waals surface area contributed by atoms with Crippen molar-refractivity contribution in [3.63, 3.8) is 0 Å². The molecular weight excluding hydrogens is 290 g/mol. The number of nitrogens with two attached hydrogens (primary N) is 1. The lowest BCUT2D eigenvalue weighted by atomic mass is 10.1. The second kappa shape index (κ2) is 7.66. The summed E-state index contributed by atoms with van der Waals surface area (Å²) >= 11 is 0. The van der Waals surface area contributed by atoms with Crippen LogP contribution in [0.15, 0.2) is 18.2 Å². The zero-order valence-corrected chi connectivity index (χ0v) is 13.9. The van der Waals surface area contributed by atoms with Gasteiger partial charge in [-0.05, 0) is 51.0 Å². The van der Waals surface area contributed by atoms with Gasteiger partial charge in [0.05, 0.1) is 18.1 Å². The molecular formula is C15H25NO4S. The molecule has 0 spiro atoms. The number of sulfone groups is 1. The Morgan fingerprint density at radius 3 is 2.43 bits per heavy atom. The van der Waals surface area contributed by atoms with E-state index < -0.39 is 9.84 Å².